The molecule has 1 fully saturated rings. The Morgan fingerprint density at radius 3 is 2.50 bits per heavy atom. The quantitative estimate of drug-likeness (QED) is 0.635. The minimum absolute atomic E-state index is 0.132. The van der Waals surface area contributed by atoms with Gasteiger partial charge < -0.3 is 15.7 Å². The normalized spacial score (nSPS) is 17.6. The maximum Gasteiger partial charge on any atom is 0.323 e. The summed E-state index contributed by atoms with van der Waals surface area (Å²) in [5.74, 6) is -1.39. The van der Waals surface area contributed by atoms with Crippen LogP contribution in [0, 0.1) is 5.92 Å². The first-order valence-electron chi connectivity index (χ1n) is 4.78. The molecule has 3 N–H and O–H groups in total. The number of hydrogen-bond donors (Lipinski definition) is 2. The summed E-state index contributed by atoms with van der Waals surface area (Å²) < 4.78 is 0. The van der Waals surface area contributed by atoms with E-state index in [0.29, 0.717) is 0 Å². The highest BCUT2D eigenvalue weighted by molar-refractivity contribution is 5.83. The number of carboxylic acid groups (broad SMARTS) is 1. The Labute approximate surface area is 82.9 Å². The number of rotatable bonds is 5. The van der Waals surface area contributed by atoms with E-state index in [0.717, 1.165) is 12.8 Å². The number of amides is 1. The number of nitrogens with zero attached hydrogens (tertiary/aromatic N) is 1. The summed E-state index contributed by atoms with van der Waals surface area (Å²) in [6, 6.07) is 0.132. The number of carboxylic acids is 1. The Kier molecular flexibility index (Phi) is 3.46. The highest BCUT2D eigenvalue weighted by Crippen LogP contribution is 2.27. The number of hydrogen-bond acceptors (Lipinski definition) is 3. The number of carbonyl (C=O) groups excluding carboxylic acids is 1. The Morgan fingerprint density at radius 1 is 1.57 bits per heavy atom. The SMILES string of the molecule is CC(CN)C(=O)N(CC(=O)O)C1CC1. The average molecular weight is 200 g/mol. The van der Waals surface area contributed by atoms with E-state index in [1.807, 2.05) is 0 Å². The van der Waals surface area contributed by atoms with Crippen molar-refractivity contribution in [2.24, 2.45) is 11.7 Å². The van der Waals surface area contributed by atoms with Gasteiger partial charge in [0.1, 0.15) is 6.54 Å². The van der Waals surface area contributed by atoms with Gasteiger partial charge in [0.25, 0.3) is 0 Å². The summed E-state index contributed by atoms with van der Waals surface area (Å²) in [6.45, 7) is 1.79. The van der Waals surface area contributed by atoms with Crippen LogP contribution in [0.5, 0.6) is 0 Å². The van der Waals surface area contributed by atoms with Crippen LogP contribution >= 0.6 is 0 Å². The molecule has 1 aliphatic carbocycles. The Morgan fingerprint density at radius 2 is 2.14 bits per heavy atom. The first kappa shape index (κ1) is 11.0. The van der Waals surface area contributed by atoms with Crippen molar-refractivity contribution in [3.05, 3.63) is 0 Å². The molecule has 0 spiro atoms. The lowest BCUT2D eigenvalue weighted by molar-refractivity contribution is -0.146. The molecule has 1 aliphatic rings. The van der Waals surface area contributed by atoms with Crippen molar-refractivity contribution in [2.45, 2.75) is 25.8 Å². The number of carbonyl (C=O) groups is 2. The van der Waals surface area contributed by atoms with Gasteiger partial charge in [-0.2, -0.15) is 0 Å². The molecule has 5 nitrogen and oxygen atoms in total. The molecular formula is C9H16N2O3. The number of nitrogens with two attached hydrogens (primary N) is 1. The third-order valence-corrected chi connectivity index (χ3v) is 2.35. The van der Waals surface area contributed by atoms with E-state index in [4.69, 9.17) is 10.8 Å². The first-order chi connectivity index (χ1) is 6.56. The molecule has 0 aromatic carbocycles. The van der Waals surface area contributed by atoms with Crippen LogP contribution in [-0.4, -0.2) is 41.0 Å². The van der Waals surface area contributed by atoms with Gasteiger partial charge in [-0.25, -0.2) is 0 Å². The van der Waals surface area contributed by atoms with E-state index in [-0.39, 0.29) is 31.0 Å². The van der Waals surface area contributed by atoms with Gasteiger partial charge in [-0.15, -0.1) is 0 Å². The smallest absolute Gasteiger partial charge is 0.323 e. The minimum Gasteiger partial charge on any atom is -0.480 e. The van der Waals surface area contributed by atoms with Gasteiger partial charge in [-0.05, 0) is 12.8 Å². The fourth-order valence-corrected chi connectivity index (χ4v) is 1.30. The molecule has 1 atom stereocenters. The van der Waals surface area contributed by atoms with E-state index < -0.39 is 5.97 Å². The van der Waals surface area contributed by atoms with Crippen molar-refractivity contribution in [1.82, 2.24) is 4.90 Å². The highest BCUT2D eigenvalue weighted by Gasteiger charge is 2.35. The zero-order valence-corrected chi connectivity index (χ0v) is 8.27. The Bertz CT molecular complexity index is 238. The lowest BCUT2D eigenvalue weighted by atomic mass is 10.1. The highest BCUT2D eigenvalue weighted by atomic mass is 16.4. The second-order valence-corrected chi connectivity index (χ2v) is 3.73. The summed E-state index contributed by atoms with van der Waals surface area (Å²) in [5, 5.41) is 8.64. The predicted octanol–water partition coefficient (Wildman–Crippen LogP) is -0.343. The number of aliphatic carboxylic acids is 1. The van der Waals surface area contributed by atoms with Gasteiger partial charge in [0.2, 0.25) is 5.91 Å². The maximum atomic E-state index is 11.7. The Hall–Kier alpha value is -1.10. The van der Waals surface area contributed by atoms with Crippen molar-refractivity contribution < 1.29 is 14.7 Å². The van der Waals surface area contributed by atoms with Crippen LogP contribution in [-0.2, 0) is 9.59 Å². The molecule has 1 rings (SSSR count). The second kappa shape index (κ2) is 4.41. The van der Waals surface area contributed by atoms with E-state index >= 15 is 0 Å². The second-order valence-electron chi connectivity index (χ2n) is 3.73. The van der Waals surface area contributed by atoms with E-state index in [1.54, 1.807) is 6.92 Å². The molecule has 0 aliphatic heterocycles. The third-order valence-electron chi connectivity index (χ3n) is 2.35. The van der Waals surface area contributed by atoms with E-state index in [9.17, 15) is 9.59 Å². The predicted molar refractivity (Wildman–Crippen MR) is 50.6 cm³/mol. The van der Waals surface area contributed by atoms with Crippen LogP contribution in [0.3, 0.4) is 0 Å². The van der Waals surface area contributed by atoms with Gasteiger partial charge in [0.15, 0.2) is 0 Å². The molecule has 14 heavy (non-hydrogen) atoms. The van der Waals surface area contributed by atoms with Crippen molar-refractivity contribution in [2.75, 3.05) is 13.1 Å². The van der Waals surface area contributed by atoms with Gasteiger partial charge in [0, 0.05) is 18.5 Å². The van der Waals surface area contributed by atoms with Crippen molar-refractivity contribution in [3.8, 4) is 0 Å². The van der Waals surface area contributed by atoms with Gasteiger partial charge in [-0.1, -0.05) is 6.92 Å². The standard InChI is InChI=1S/C9H16N2O3/c1-6(4-10)9(14)11(5-8(12)13)7-2-3-7/h6-7H,2-5,10H2,1H3,(H,12,13). The molecule has 0 saturated heterocycles. The van der Waals surface area contributed by atoms with Gasteiger partial charge in [-0.3, -0.25) is 9.59 Å². The largest absolute Gasteiger partial charge is 0.480 e. The van der Waals surface area contributed by atoms with Crippen LogP contribution < -0.4 is 5.73 Å². The van der Waals surface area contributed by atoms with Crippen molar-refractivity contribution >= 4 is 11.9 Å². The molecule has 0 aromatic heterocycles. The summed E-state index contributed by atoms with van der Waals surface area (Å²) in [7, 11) is 0. The molecule has 1 amide bonds. The summed E-state index contributed by atoms with van der Waals surface area (Å²) in [4.78, 5) is 23.6. The Balaban J connectivity index is 2.57. The molecular weight excluding hydrogens is 184 g/mol. The van der Waals surface area contributed by atoms with Gasteiger partial charge >= 0.3 is 5.97 Å². The zero-order chi connectivity index (χ0) is 10.7. The molecule has 1 unspecified atom stereocenters. The lowest BCUT2D eigenvalue weighted by Gasteiger charge is -2.23. The fraction of sp³-hybridized carbons (Fsp3) is 0.778. The molecule has 0 heterocycles. The van der Waals surface area contributed by atoms with Crippen molar-refractivity contribution in [1.29, 1.82) is 0 Å². The molecule has 1 saturated carbocycles. The van der Waals surface area contributed by atoms with Crippen LogP contribution in [0.15, 0.2) is 0 Å². The van der Waals surface area contributed by atoms with E-state index in [1.165, 1.54) is 4.90 Å². The lowest BCUT2D eigenvalue weighted by Crippen LogP contribution is -2.42. The zero-order valence-electron chi connectivity index (χ0n) is 8.27. The fourth-order valence-electron chi connectivity index (χ4n) is 1.30. The van der Waals surface area contributed by atoms with Crippen LogP contribution in [0.1, 0.15) is 19.8 Å². The molecule has 0 bridgehead atoms. The maximum absolute atomic E-state index is 11.7. The first-order valence-corrected chi connectivity index (χ1v) is 4.78. The van der Waals surface area contributed by atoms with Gasteiger partial charge in [0.05, 0.1) is 0 Å². The minimum atomic E-state index is -0.963. The molecule has 0 aromatic rings. The van der Waals surface area contributed by atoms with Crippen LogP contribution in [0.4, 0.5) is 0 Å². The van der Waals surface area contributed by atoms with Crippen molar-refractivity contribution in [3.63, 3.8) is 0 Å². The topological polar surface area (TPSA) is 83.6 Å². The van der Waals surface area contributed by atoms with E-state index in [2.05, 4.69) is 0 Å². The summed E-state index contributed by atoms with van der Waals surface area (Å²) >= 11 is 0. The summed E-state index contributed by atoms with van der Waals surface area (Å²) in [5.41, 5.74) is 5.37. The molecule has 80 valence electrons. The third kappa shape index (κ3) is 2.70. The monoisotopic (exact) mass is 200 g/mol. The molecule has 0 radical (unpaired) electrons. The van der Waals surface area contributed by atoms with Crippen LogP contribution in [0.2, 0.25) is 0 Å². The molecule has 5 heteroatoms. The van der Waals surface area contributed by atoms with Crippen LogP contribution in [0.25, 0.3) is 0 Å². The summed E-state index contributed by atoms with van der Waals surface area (Å²) in [6.07, 6.45) is 1.83. The average Bonchev–Trinajstić information content (AvgIpc) is 2.94.